The summed E-state index contributed by atoms with van der Waals surface area (Å²) in [5, 5.41) is 1.24. The standard InChI is InChI=1S/C15H23BBrNO2S/c1-14(2)15(3,4)20-16(19-14)11-12(17)21-13(18-11)10-8-6-5-7-9-10/h10H,5-9H2,1-4H3. The van der Waals surface area contributed by atoms with Crippen LogP contribution in [0.25, 0.3) is 0 Å². The molecule has 0 N–H and O–H groups in total. The number of thiazole rings is 1. The Morgan fingerprint density at radius 1 is 1.10 bits per heavy atom. The van der Waals surface area contributed by atoms with Crippen molar-refractivity contribution in [3.05, 3.63) is 8.79 Å². The molecule has 0 aromatic carbocycles. The Morgan fingerprint density at radius 3 is 2.24 bits per heavy atom. The lowest BCUT2D eigenvalue weighted by atomic mass is 9.85. The van der Waals surface area contributed by atoms with Gasteiger partial charge < -0.3 is 9.31 Å². The van der Waals surface area contributed by atoms with Crippen LogP contribution in [0.15, 0.2) is 3.79 Å². The van der Waals surface area contributed by atoms with E-state index >= 15 is 0 Å². The van der Waals surface area contributed by atoms with Gasteiger partial charge in [0.15, 0.2) is 0 Å². The first-order chi connectivity index (χ1) is 9.80. The van der Waals surface area contributed by atoms with Crippen molar-refractivity contribution in [3.63, 3.8) is 0 Å². The maximum absolute atomic E-state index is 6.12. The van der Waals surface area contributed by atoms with Crippen molar-refractivity contribution in [2.75, 3.05) is 0 Å². The molecule has 1 aliphatic heterocycles. The van der Waals surface area contributed by atoms with Crippen molar-refractivity contribution in [3.8, 4) is 0 Å². The van der Waals surface area contributed by atoms with Crippen LogP contribution in [0, 0.1) is 0 Å². The SMILES string of the molecule is CC1(C)OB(c2nc(C3CCCCC3)sc2Br)OC1(C)C. The van der Waals surface area contributed by atoms with Gasteiger partial charge in [-0.2, -0.15) is 0 Å². The van der Waals surface area contributed by atoms with Crippen molar-refractivity contribution in [2.45, 2.75) is 76.9 Å². The highest BCUT2D eigenvalue weighted by Crippen LogP contribution is 2.39. The topological polar surface area (TPSA) is 31.4 Å². The van der Waals surface area contributed by atoms with Crippen molar-refractivity contribution < 1.29 is 9.31 Å². The van der Waals surface area contributed by atoms with Gasteiger partial charge in [-0.25, -0.2) is 4.98 Å². The van der Waals surface area contributed by atoms with Gasteiger partial charge in [-0.3, -0.25) is 0 Å². The Kier molecular flexibility index (Phi) is 4.28. The minimum Gasteiger partial charge on any atom is -0.398 e. The summed E-state index contributed by atoms with van der Waals surface area (Å²) in [5.41, 5.74) is 0.288. The predicted octanol–water partition coefficient (Wildman–Crippen LogP) is 4.25. The van der Waals surface area contributed by atoms with Crippen molar-refractivity contribution in [1.82, 2.24) is 4.98 Å². The van der Waals surface area contributed by atoms with Crippen LogP contribution in [0.5, 0.6) is 0 Å². The van der Waals surface area contributed by atoms with E-state index in [0.717, 1.165) is 9.38 Å². The second kappa shape index (κ2) is 5.62. The summed E-state index contributed by atoms with van der Waals surface area (Å²) >= 11 is 5.42. The maximum Gasteiger partial charge on any atom is 0.516 e. The van der Waals surface area contributed by atoms with Crippen LogP contribution in [0.1, 0.15) is 70.7 Å². The number of hydrogen-bond acceptors (Lipinski definition) is 4. The Hall–Kier alpha value is 0.0949. The zero-order valence-corrected chi connectivity index (χ0v) is 15.6. The molecule has 0 radical (unpaired) electrons. The number of halogens is 1. The molecule has 2 aliphatic rings. The molecule has 0 atom stereocenters. The summed E-state index contributed by atoms with van der Waals surface area (Å²) in [7, 11) is -0.363. The Balaban J connectivity index is 1.82. The number of hydrogen-bond donors (Lipinski definition) is 0. The van der Waals surface area contributed by atoms with Gasteiger partial charge in [0.05, 0.1) is 25.6 Å². The Labute approximate surface area is 140 Å². The maximum atomic E-state index is 6.12. The van der Waals surface area contributed by atoms with Crippen LogP contribution in [0.4, 0.5) is 0 Å². The highest BCUT2D eigenvalue weighted by atomic mass is 79.9. The Morgan fingerprint density at radius 2 is 1.67 bits per heavy atom. The zero-order valence-electron chi connectivity index (χ0n) is 13.2. The van der Waals surface area contributed by atoms with Crippen molar-refractivity contribution in [2.24, 2.45) is 0 Å². The van der Waals surface area contributed by atoms with E-state index in [1.165, 1.54) is 37.1 Å². The molecule has 6 heteroatoms. The molecule has 2 heterocycles. The lowest BCUT2D eigenvalue weighted by Gasteiger charge is -2.32. The minimum absolute atomic E-state index is 0.314. The first-order valence-corrected chi connectivity index (χ1v) is 9.43. The van der Waals surface area contributed by atoms with E-state index in [-0.39, 0.29) is 18.3 Å². The molecule has 21 heavy (non-hydrogen) atoms. The Bertz CT molecular complexity index is 510. The molecule has 1 aliphatic carbocycles. The molecule has 2 fully saturated rings. The molecule has 116 valence electrons. The van der Waals surface area contributed by atoms with Gasteiger partial charge in [0, 0.05) is 5.92 Å². The molecule has 0 spiro atoms. The normalized spacial score (nSPS) is 25.5. The van der Waals surface area contributed by atoms with Crippen LogP contribution in [0.2, 0.25) is 0 Å². The number of rotatable bonds is 2. The average Bonchev–Trinajstić information content (AvgIpc) is 2.89. The number of nitrogens with zero attached hydrogens (tertiary/aromatic N) is 1. The van der Waals surface area contributed by atoms with Crippen LogP contribution in [-0.4, -0.2) is 23.3 Å². The van der Waals surface area contributed by atoms with E-state index < -0.39 is 0 Å². The lowest BCUT2D eigenvalue weighted by molar-refractivity contribution is 0.00578. The molecule has 3 rings (SSSR count). The van der Waals surface area contributed by atoms with E-state index in [9.17, 15) is 0 Å². The van der Waals surface area contributed by atoms with Gasteiger partial charge in [-0.05, 0) is 56.5 Å². The second-order valence-corrected chi connectivity index (χ2v) is 9.48. The van der Waals surface area contributed by atoms with E-state index in [0.29, 0.717) is 5.92 Å². The largest absolute Gasteiger partial charge is 0.516 e. The summed E-state index contributed by atoms with van der Waals surface area (Å²) in [5.74, 6) is 0.622. The van der Waals surface area contributed by atoms with Gasteiger partial charge in [0.2, 0.25) is 0 Å². The minimum atomic E-state index is -0.363. The van der Waals surface area contributed by atoms with E-state index in [4.69, 9.17) is 14.3 Å². The third-order valence-corrected chi connectivity index (χ3v) is 6.97. The zero-order chi connectivity index (χ0) is 15.3. The summed E-state index contributed by atoms with van der Waals surface area (Å²) in [6.07, 6.45) is 6.56. The fourth-order valence-corrected chi connectivity index (χ4v) is 4.70. The highest BCUT2D eigenvalue weighted by molar-refractivity contribution is 9.11. The van der Waals surface area contributed by atoms with Crippen molar-refractivity contribution in [1.29, 1.82) is 0 Å². The quantitative estimate of drug-likeness (QED) is 0.728. The highest BCUT2D eigenvalue weighted by Gasteiger charge is 2.53. The van der Waals surface area contributed by atoms with Crippen LogP contribution < -0.4 is 5.59 Å². The summed E-state index contributed by atoms with van der Waals surface area (Å²) in [6.45, 7) is 8.31. The van der Waals surface area contributed by atoms with E-state index in [2.05, 4.69) is 43.6 Å². The van der Waals surface area contributed by atoms with Gasteiger partial charge in [0.25, 0.3) is 0 Å². The average molecular weight is 372 g/mol. The fourth-order valence-electron chi connectivity index (χ4n) is 2.95. The van der Waals surface area contributed by atoms with E-state index in [1.54, 1.807) is 11.3 Å². The monoisotopic (exact) mass is 371 g/mol. The first kappa shape index (κ1) is 16.0. The molecule has 1 aromatic heterocycles. The van der Waals surface area contributed by atoms with Crippen molar-refractivity contribution >= 4 is 40.0 Å². The third-order valence-electron chi connectivity index (χ3n) is 5.06. The molecule has 1 aromatic rings. The smallest absolute Gasteiger partial charge is 0.398 e. The summed E-state index contributed by atoms with van der Waals surface area (Å²) in [4.78, 5) is 4.87. The summed E-state index contributed by atoms with van der Waals surface area (Å²) in [6, 6.07) is 0. The van der Waals surface area contributed by atoms with Crippen LogP contribution in [-0.2, 0) is 9.31 Å². The first-order valence-electron chi connectivity index (χ1n) is 7.82. The fraction of sp³-hybridized carbons (Fsp3) is 0.800. The van der Waals surface area contributed by atoms with Crippen LogP contribution in [0.3, 0.4) is 0 Å². The van der Waals surface area contributed by atoms with E-state index in [1.807, 2.05) is 0 Å². The molecule has 1 saturated carbocycles. The van der Waals surface area contributed by atoms with Gasteiger partial charge in [0.1, 0.15) is 0 Å². The van der Waals surface area contributed by atoms with Gasteiger partial charge >= 0.3 is 7.12 Å². The molecule has 3 nitrogen and oxygen atoms in total. The summed E-state index contributed by atoms with van der Waals surface area (Å²) < 4.78 is 13.3. The number of aromatic nitrogens is 1. The second-order valence-electron chi connectivity index (χ2n) is 7.13. The van der Waals surface area contributed by atoms with Crippen LogP contribution >= 0.6 is 27.3 Å². The predicted molar refractivity (Wildman–Crippen MR) is 91.4 cm³/mol. The molecular formula is C15H23BBrNO2S. The molecule has 0 bridgehead atoms. The molecule has 1 saturated heterocycles. The van der Waals surface area contributed by atoms with Gasteiger partial charge in [-0.1, -0.05) is 19.3 Å². The van der Waals surface area contributed by atoms with Gasteiger partial charge in [-0.15, -0.1) is 11.3 Å². The molecular weight excluding hydrogens is 349 g/mol. The third kappa shape index (κ3) is 2.97. The molecule has 0 unspecified atom stereocenters. The molecule has 0 amide bonds. The lowest BCUT2D eigenvalue weighted by Crippen LogP contribution is -2.41.